The van der Waals surface area contributed by atoms with Gasteiger partial charge in [-0.25, -0.2) is 0 Å². The van der Waals surface area contributed by atoms with Gasteiger partial charge in [-0.1, -0.05) is 12.1 Å². The first-order chi connectivity index (χ1) is 9.22. The van der Waals surface area contributed by atoms with Crippen molar-refractivity contribution in [3.63, 3.8) is 0 Å². The van der Waals surface area contributed by atoms with Crippen LogP contribution >= 0.6 is 0 Å². The second-order valence-electron chi connectivity index (χ2n) is 4.83. The summed E-state index contributed by atoms with van der Waals surface area (Å²) in [7, 11) is 0. The summed E-state index contributed by atoms with van der Waals surface area (Å²) in [6.07, 6.45) is 3.30. The average Bonchev–Trinajstić information content (AvgIpc) is 2.45. The highest BCUT2D eigenvalue weighted by Gasteiger charge is 2.23. The minimum atomic E-state index is -0.0000529. The number of para-hydroxylation sites is 1. The molecule has 1 unspecified atom stereocenters. The van der Waals surface area contributed by atoms with Crippen LogP contribution in [-0.4, -0.2) is 30.0 Å². The molecule has 1 aliphatic rings. The number of nitriles is 1. The van der Waals surface area contributed by atoms with E-state index in [2.05, 4.69) is 13.0 Å². The van der Waals surface area contributed by atoms with Crippen LogP contribution in [0, 0.1) is 11.3 Å². The predicted octanol–water partition coefficient (Wildman–Crippen LogP) is 2.34. The van der Waals surface area contributed by atoms with E-state index in [1.165, 1.54) is 6.42 Å². The van der Waals surface area contributed by atoms with E-state index >= 15 is 0 Å². The lowest BCUT2D eigenvalue weighted by atomic mass is 10.0. The highest BCUT2D eigenvalue weighted by atomic mass is 16.5. The zero-order valence-electron chi connectivity index (χ0n) is 11.1. The Bertz CT molecular complexity index is 493. The van der Waals surface area contributed by atoms with E-state index in [1.807, 2.05) is 4.90 Å². The minimum absolute atomic E-state index is 0.0000529. The summed E-state index contributed by atoms with van der Waals surface area (Å²) >= 11 is 0. The van der Waals surface area contributed by atoms with Crippen LogP contribution in [0.4, 0.5) is 0 Å². The van der Waals surface area contributed by atoms with E-state index in [-0.39, 0.29) is 18.6 Å². The summed E-state index contributed by atoms with van der Waals surface area (Å²) in [5.74, 6) is 0.475. The molecule has 0 spiro atoms. The molecule has 19 heavy (non-hydrogen) atoms. The van der Waals surface area contributed by atoms with Gasteiger partial charge in [0.05, 0.1) is 5.56 Å². The number of nitrogens with zero attached hydrogens (tertiary/aromatic N) is 2. The van der Waals surface area contributed by atoms with Crippen LogP contribution in [0.25, 0.3) is 0 Å². The summed E-state index contributed by atoms with van der Waals surface area (Å²) in [6, 6.07) is 9.32. The van der Waals surface area contributed by atoms with Gasteiger partial charge >= 0.3 is 0 Å². The molecule has 1 amide bonds. The third-order valence-corrected chi connectivity index (χ3v) is 3.48. The monoisotopic (exact) mass is 258 g/mol. The van der Waals surface area contributed by atoms with Crippen molar-refractivity contribution in [1.82, 2.24) is 4.90 Å². The third kappa shape index (κ3) is 3.25. The van der Waals surface area contributed by atoms with Gasteiger partial charge < -0.3 is 9.64 Å². The van der Waals surface area contributed by atoms with E-state index < -0.39 is 0 Å². The van der Waals surface area contributed by atoms with Crippen molar-refractivity contribution in [1.29, 1.82) is 5.26 Å². The Morgan fingerprint density at radius 3 is 3.00 bits per heavy atom. The largest absolute Gasteiger partial charge is 0.482 e. The molecule has 0 aliphatic carbocycles. The number of hydrogen-bond donors (Lipinski definition) is 0. The van der Waals surface area contributed by atoms with Crippen LogP contribution in [0.15, 0.2) is 24.3 Å². The Labute approximate surface area is 113 Å². The van der Waals surface area contributed by atoms with Crippen LogP contribution < -0.4 is 4.74 Å². The number of likely N-dealkylation sites (tertiary alicyclic amines) is 1. The molecule has 1 fully saturated rings. The number of benzene rings is 1. The molecule has 100 valence electrons. The van der Waals surface area contributed by atoms with Gasteiger partial charge in [0, 0.05) is 12.6 Å². The second-order valence-corrected chi connectivity index (χ2v) is 4.83. The maximum Gasteiger partial charge on any atom is 0.260 e. The zero-order valence-corrected chi connectivity index (χ0v) is 11.1. The standard InChI is InChI=1S/C15H18N2O2/c1-12-6-4-5-9-17(12)15(18)11-19-14-8-3-2-7-13(14)10-16/h2-3,7-8,12H,4-6,9,11H2,1H3. The van der Waals surface area contributed by atoms with Crippen LogP contribution in [0.2, 0.25) is 0 Å². The maximum absolute atomic E-state index is 12.1. The summed E-state index contributed by atoms with van der Waals surface area (Å²) in [5, 5.41) is 8.95. The van der Waals surface area contributed by atoms with Gasteiger partial charge in [0.15, 0.2) is 6.61 Å². The van der Waals surface area contributed by atoms with Gasteiger partial charge in [-0.3, -0.25) is 4.79 Å². The van der Waals surface area contributed by atoms with E-state index in [9.17, 15) is 4.79 Å². The summed E-state index contributed by atoms with van der Waals surface area (Å²) in [4.78, 5) is 14.0. The van der Waals surface area contributed by atoms with Gasteiger partial charge in [0.1, 0.15) is 11.8 Å². The number of rotatable bonds is 3. The van der Waals surface area contributed by atoms with Crippen LogP contribution in [0.5, 0.6) is 5.75 Å². The molecule has 4 heteroatoms. The quantitative estimate of drug-likeness (QED) is 0.836. The zero-order chi connectivity index (χ0) is 13.7. The Balaban J connectivity index is 1.95. The van der Waals surface area contributed by atoms with Gasteiger partial charge in [-0.15, -0.1) is 0 Å². The molecule has 4 nitrogen and oxygen atoms in total. The fraction of sp³-hybridized carbons (Fsp3) is 0.467. The average molecular weight is 258 g/mol. The fourth-order valence-corrected chi connectivity index (χ4v) is 2.38. The lowest BCUT2D eigenvalue weighted by Gasteiger charge is -2.33. The van der Waals surface area contributed by atoms with Crippen molar-refractivity contribution >= 4 is 5.91 Å². The molecule has 1 aromatic rings. The van der Waals surface area contributed by atoms with Crippen molar-refractivity contribution in [2.24, 2.45) is 0 Å². The van der Waals surface area contributed by atoms with E-state index in [0.29, 0.717) is 11.3 Å². The topological polar surface area (TPSA) is 53.3 Å². The highest BCUT2D eigenvalue weighted by Crippen LogP contribution is 2.19. The molecule has 0 radical (unpaired) electrons. The molecular formula is C15H18N2O2. The van der Waals surface area contributed by atoms with Crippen molar-refractivity contribution in [3.8, 4) is 11.8 Å². The molecule has 0 N–H and O–H groups in total. The number of carbonyl (C=O) groups is 1. The van der Waals surface area contributed by atoms with Gasteiger partial charge in [0.2, 0.25) is 0 Å². The molecule has 0 aromatic heterocycles. The molecule has 2 rings (SSSR count). The SMILES string of the molecule is CC1CCCCN1C(=O)COc1ccccc1C#N. The minimum Gasteiger partial charge on any atom is -0.482 e. The Kier molecular flexibility index (Phi) is 4.40. The Morgan fingerprint density at radius 2 is 2.26 bits per heavy atom. The summed E-state index contributed by atoms with van der Waals surface area (Å²) < 4.78 is 5.48. The van der Waals surface area contributed by atoms with E-state index in [1.54, 1.807) is 24.3 Å². The molecular weight excluding hydrogens is 240 g/mol. The van der Waals surface area contributed by atoms with Crippen LogP contribution in [0.3, 0.4) is 0 Å². The molecule has 1 heterocycles. The summed E-state index contributed by atoms with van der Waals surface area (Å²) in [6.45, 7) is 2.88. The number of piperidine rings is 1. The molecule has 0 bridgehead atoms. The van der Waals surface area contributed by atoms with Crippen molar-refractivity contribution in [3.05, 3.63) is 29.8 Å². The van der Waals surface area contributed by atoms with Crippen LogP contribution in [0.1, 0.15) is 31.7 Å². The number of carbonyl (C=O) groups excluding carboxylic acids is 1. The smallest absolute Gasteiger partial charge is 0.260 e. The van der Waals surface area contributed by atoms with Gasteiger partial charge in [0.25, 0.3) is 5.91 Å². The summed E-state index contributed by atoms with van der Waals surface area (Å²) in [5.41, 5.74) is 0.460. The molecule has 1 saturated heterocycles. The van der Waals surface area contributed by atoms with Crippen molar-refractivity contribution in [2.45, 2.75) is 32.2 Å². The Morgan fingerprint density at radius 1 is 1.47 bits per heavy atom. The molecule has 1 aromatic carbocycles. The lowest BCUT2D eigenvalue weighted by Crippen LogP contribution is -2.44. The first kappa shape index (κ1) is 13.4. The third-order valence-electron chi connectivity index (χ3n) is 3.48. The van der Waals surface area contributed by atoms with Crippen molar-refractivity contribution < 1.29 is 9.53 Å². The number of hydrogen-bond acceptors (Lipinski definition) is 3. The second kappa shape index (κ2) is 6.24. The van der Waals surface area contributed by atoms with E-state index in [0.717, 1.165) is 19.4 Å². The van der Waals surface area contributed by atoms with Gasteiger partial charge in [-0.2, -0.15) is 5.26 Å². The molecule has 1 atom stereocenters. The lowest BCUT2D eigenvalue weighted by molar-refractivity contribution is -0.136. The first-order valence-electron chi connectivity index (χ1n) is 6.64. The molecule has 1 aliphatic heterocycles. The number of amides is 1. The highest BCUT2D eigenvalue weighted by molar-refractivity contribution is 5.78. The fourth-order valence-electron chi connectivity index (χ4n) is 2.38. The maximum atomic E-state index is 12.1. The Hall–Kier alpha value is -2.02. The normalized spacial score (nSPS) is 18.7. The van der Waals surface area contributed by atoms with Gasteiger partial charge in [-0.05, 0) is 38.3 Å². The first-order valence-corrected chi connectivity index (χ1v) is 6.64. The van der Waals surface area contributed by atoms with Crippen LogP contribution in [-0.2, 0) is 4.79 Å². The molecule has 0 saturated carbocycles. The van der Waals surface area contributed by atoms with Crippen molar-refractivity contribution in [2.75, 3.05) is 13.2 Å². The van der Waals surface area contributed by atoms with E-state index in [4.69, 9.17) is 10.00 Å². The number of ether oxygens (including phenoxy) is 1. The predicted molar refractivity (Wildman–Crippen MR) is 71.7 cm³/mol.